The standard InChI is InChI=1S/C17H23N3O2/c1-12-17(14-10-13(21)4-5-15(14)19(12)3)16(22)11-20-8-6-18(2)7-9-20/h4-5,10,21H,6-9,11H2,1-3H3. The van der Waals surface area contributed by atoms with Crippen molar-refractivity contribution in [2.75, 3.05) is 39.8 Å². The van der Waals surface area contributed by atoms with E-state index in [-0.39, 0.29) is 11.5 Å². The van der Waals surface area contributed by atoms with E-state index >= 15 is 0 Å². The van der Waals surface area contributed by atoms with Crippen LogP contribution in [-0.4, -0.2) is 65.0 Å². The maximum atomic E-state index is 12.8. The second-order valence-corrected chi connectivity index (χ2v) is 6.22. The number of hydrogen-bond donors (Lipinski definition) is 1. The first-order valence-corrected chi connectivity index (χ1v) is 7.69. The number of phenols is 1. The first-order chi connectivity index (χ1) is 10.5. The van der Waals surface area contributed by atoms with Gasteiger partial charge in [-0.1, -0.05) is 0 Å². The summed E-state index contributed by atoms with van der Waals surface area (Å²) < 4.78 is 2.02. The largest absolute Gasteiger partial charge is 0.508 e. The van der Waals surface area contributed by atoms with Crippen LogP contribution >= 0.6 is 0 Å². The Morgan fingerprint density at radius 1 is 1.18 bits per heavy atom. The lowest BCUT2D eigenvalue weighted by Gasteiger charge is -2.31. The van der Waals surface area contributed by atoms with Gasteiger partial charge in [-0.05, 0) is 32.2 Å². The number of carbonyl (C=O) groups excluding carboxylic acids is 1. The van der Waals surface area contributed by atoms with Crippen molar-refractivity contribution in [3.8, 4) is 5.75 Å². The Labute approximate surface area is 130 Å². The van der Waals surface area contributed by atoms with Gasteiger partial charge in [0.2, 0.25) is 0 Å². The number of carbonyl (C=O) groups is 1. The van der Waals surface area contributed by atoms with Crippen LogP contribution in [0.2, 0.25) is 0 Å². The first-order valence-electron chi connectivity index (χ1n) is 7.69. The molecule has 0 amide bonds. The molecular formula is C17H23N3O2. The maximum Gasteiger partial charge on any atom is 0.179 e. The number of nitrogens with zero attached hydrogens (tertiary/aromatic N) is 3. The van der Waals surface area contributed by atoms with Gasteiger partial charge in [0, 0.05) is 55.4 Å². The molecule has 1 aliphatic rings. The zero-order chi connectivity index (χ0) is 15.9. The van der Waals surface area contributed by atoms with Crippen LogP contribution in [0.15, 0.2) is 18.2 Å². The predicted molar refractivity (Wildman–Crippen MR) is 87.6 cm³/mol. The minimum absolute atomic E-state index is 0.137. The molecule has 22 heavy (non-hydrogen) atoms. The summed E-state index contributed by atoms with van der Waals surface area (Å²) in [6, 6.07) is 5.22. The fourth-order valence-corrected chi connectivity index (χ4v) is 3.20. The van der Waals surface area contributed by atoms with Crippen LogP contribution in [-0.2, 0) is 7.05 Å². The van der Waals surface area contributed by atoms with Gasteiger partial charge in [-0.3, -0.25) is 9.69 Å². The number of phenolic OH excluding ortho intramolecular Hbond substituents is 1. The van der Waals surface area contributed by atoms with Crippen LogP contribution in [0.3, 0.4) is 0 Å². The zero-order valence-electron chi connectivity index (χ0n) is 13.5. The molecule has 0 unspecified atom stereocenters. The highest BCUT2D eigenvalue weighted by atomic mass is 16.3. The number of benzene rings is 1. The number of Topliss-reactive ketones (excluding diaryl/α,β-unsaturated/α-hetero) is 1. The van der Waals surface area contributed by atoms with Gasteiger partial charge in [0.05, 0.1) is 6.54 Å². The molecule has 1 aromatic heterocycles. The predicted octanol–water partition coefficient (Wildman–Crippen LogP) is 1.62. The molecule has 0 spiro atoms. The summed E-state index contributed by atoms with van der Waals surface area (Å²) in [5, 5.41) is 10.6. The average molecular weight is 301 g/mol. The molecule has 3 rings (SSSR count). The van der Waals surface area contributed by atoms with Crippen LogP contribution in [0.5, 0.6) is 5.75 Å². The Hall–Kier alpha value is -1.85. The van der Waals surface area contributed by atoms with Crippen molar-refractivity contribution in [1.29, 1.82) is 0 Å². The zero-order valence-corrected chi connectivity index (χ0v) is 13.5. The molecule has 1 aromatic carbocycles. The average Bonchev–Trinajstić information content (AvgIpc) is 2.73. The molecule has 1 saturated heterocycles. The van der Waals surface area contributed by atoms with Crippen LogP contribution in [0.4, 0.5) is 0 Å². The second kappa shape index (κ2) is 5.74. The molecule has 2 heterocycles. The Morgan fingerprint density at radius 3 is 2.55 bits per heavy atom. The monoisotopic (exact) mass is 301 g/mol. The fourth-order valence-electron chi connectivity index (χ4n) is 3.20. The van der Waals surface area contributed by atoms with Crippen molar-refractivity contribution in [2.45, 2.75) is 6.92 Å². The van der Waals surface area contributed by atoms with Gasteiger partial charge in [0.25, 0.3) is 0 Å². The summed E-state index contributed by atoms with van der Waals surface area (Å²) in [6.07, 6.45) is 0. The number of hydrogen-bond acceptors (Lipinski definition) is 4. The van der Waals surface area contributed by atoms with E-state index in [2.05, 4.69) is 16.8 Å². The van der Waals surface area contributed by atoms with Crippen LogP contribution in [0.25, 0.3) is 10.9 Å². The lowest BCUT2D eigenvalue weighted by molar-refractivity contribution is 0.0877. The summed E-state index contributed by atoms with van der Waals surface area (Å²) in [7, 11) is 4.07. The van der Waals surface area contributed by atoms with E-state index in [4.69, 9.17) is 0 Å². The van der Waals surface area contributed by atoms with Gasteiger partial charge in [-0.2, -0.15) is 0 Å². The molecule has 2 aromatic rings. The number of aryl methyl sites for hydroxylation is 1. The number of likely N-dealkylation sites (N-methyl/N-ethyl adjacent to an activating group) is 1. The van der Waals surface area contributed by atoms with Gasteiger partial charge in [0.1, 0.15) is 5.75 Å². The van der Waals surface area contributed by atoms with Crippen molar-refractivity contribution in [3.05, 3.63) is 29.5 Å². The van der Waals surface area contributed by atoms with Gasteiger partial charge < -0.3 is 14.6 Å². The molecule has 0 bridgehead atoms. The normalized spacial score (nSPS) is 17.2. The van der Waals surface area contributed by atoms with E-state index in [0.717, 1.165) is 48.3 Å². The molecule has 5 nitrogen and oxygen atoms in total. The summed E-state index contributed by atoms with van der Waals surface area (Å²) >= 11 is 0. The number of piperazine rings is 1. The third kappa shape index (κ3) is 2.62. The Kier molecular flexibility index (Phi) is 3.93. The van der Waals surface area contributed by atoms with E-state index in [1.807, 2.05) is 24.6 Å². The first kappa shape index (κ1) is 15.1. The van der Waals surface area contributed by atoms with Crippen molar-refractivity contribution in [1.82, 2.24) is 14.4 Å². The summed E-state index contributed by atoms with van der Waals surface area (Å²) in [5.74, 6) is 0.338. The van der Waals surface area contributed by atoms with E-state index in [9.17, 15) is 9.90 Å². The lowest BCUT2D eigenvalue weighted by Crippen LogP contribution is -2.46. The van der Waals surface area contributed by atoms with Crippen molar-refractivity contribution < 1.29 is 9.90 Å². The van der Waals surface area contributed by atoms with E-state index in [1.165, 1.54) is 0 Å². The molecule has 0 aliphatic carbocycles. The minimum atomic E-state index is 0.137. The van der Waals surface area contributed by atoms with E-state index < -0.39 is 0 Å². The third-order valence-electron chi connectivity index (χ3n) is 4.72. The molecule has 0 atom stereocenters. The topological polar surface area (TPSA) is 48.7 Å². The van der Waals surface area contributed by atoms with E-state index in [0.29, 0.717) is 6.54 Å². The highest BCUT2D eigenvalue weighted by molar-refractivity contribution is 6.10. The quantitative estimate of drug-likeness (QED) is 0.875. The van der Waals surface area contributed by atoms with Gasteiger partial charge >= 0.3 is 0 Å². The Morgan fingerprint density at radius 2 is 1.86 bits per heavy atom. The smallest absolute Gasteiger partial charge is 0.179 e. The number of fused-ring (bicyclic) bond motifs is 1. The fraction of sp³-hybridized carbons (Fsp3) is 0.471. The Bertz CT molecular complexity index is 712. The molecule has 0 saturated carbocycles. The van der Waals surface area contributed by atoms with Gasteiger partial charge in [0.15, 0.2) is 5.78 Å². The van der Waals surface area contributed by atoms with Crippen molar-refractivity contribution in [3.63, 3.8) is 0 Å². The lowest BCUT2D eigenvalue weighted by atomic mass is 10.1. The van der Waals surface area contributed by atoms with Crippen LogP contribution < -0.4 is 0 Å². The van der Waals surface area contributed by atoms with Crippen LogP contribution in [0.1, 0.15) is 16.1 Å². The molecule has 1 N–H and O–H groups in total. The van der Waals surface area contributed by atoms with Gasteiger partial charge in [-0.25, -0.2) is 0 Å². The molecule has 1 aliphatic heterocycles. The highest BCUT2D eigenvalue weighted by Crippen LogP contribution is 2.28. The second-order valence-electron chi connectivity index (χ2n) is 6.22. The van der Waals surface area contributed by atoms with Crippen molar-refractivity contribution in [2.24, 2.45) is 7.05 Å². The SMILES string of the molecule is Cc1c(C(=O)CN2CCN(C)CC2)c2cc(O)ccc2n1C. The third-order valence-corrected chi connectivity index (χ3v) is 4.72. The molecule has 118 valence electrons. The van der Waals surface area contributed by atoms with E-state index in [1.54, 1.807) is 12.1 Å². The summed E-state index contributed by atoms with van der Waals surface area (Å²) in [5.41, 5.74) is 2.68. The number of aromatic nitrogens is 1. The van der Waals surface area contributed by atoms with Crippen molar-refractivity contribution >= 4 is 16.7 Å². The molecular weight excluding hydrogens is 278 g/mol. The summed E-state index contributed by atoms with van der Waals surface area (Å²) in [4.78, 5) is 17.3. The minimum Gasteiger partial charge on any atom is -0.508 e. The van der Waals surface area contributed by atoms with Gasteiger partial charge in [-0.15, -0.1) is 0 Å². The molecule has 1 fully saturated rings. The number of rotatable bonds is 3. The molecule has 5 heteroatoms. The number of ketones is 1. The number of aromatic hydroxyl groups is 1. The molecule has 0 radical (unpaired) electrons. The highest BCUT2D eigenvalue weighted by Gasteiger charge is 2.22. The van der Waals surface area contributed by atoms with Crippen LogP contribution in [0, 0.1) is 6.92 Å². The Balaban J connectivity index is 1.90. The summed E-state index contributed by atoms with van der Waals surface area (Å²) in [6.45, 7) is 6.28. The maximum absolute atomic E-state index is 12.8.